The van der Waals surface area contributed by atoms with Crippen LogP contribution in [0.2, 0.25) is 5.02 Å². The molecule has 13 heteroatoms. The zero-order valence-corrected chi connectivity index (χ0v) is 30.9. The van der Waals surface area contributed by atoms with E-state index in [4.69, 9.17) is 30.5 Å². The minimum atomic E-state index is -4.54. The number of halogens is 2. The van der Waals surface area contributed by atoms with Gasteiger partial charge in [0.1, 0.15) is 46.2 Å². The van der Waals surface area contributed by atoms with Gasteiger partial charge in [-0.3, -0.25) is 0 Å². The fraction of sp³-hybridized carbons (Fsp3) is 0.421. The molecule has 4 aromatic rings. The largest absolute Gasteiger partial charge is 0.497 e. The molecule has 2 fully saturated rings. The van der Waals surface area contributed by atoms with Gasteiger partial charge in [-0.25, -0.2) is 27.1 Å². The van der Waals surface area contributed by atoms with Gasteiger partial charge in [0.25, 0.3) is 10.0 Å². The third-order valence-electron chi connectivity index (χ3n) is 9.96. The van der Waals surface area contributed by atoms with E-state index in [0.717, 1.165) is 61.8 Å². The van der Waals surface area contributed by atoms with Gasteiger partial charge in [0, 0.05) is 49.2 Å². The molecule has 10 nitrogen and oxygen atoms in total. The molecule has 272 valence electrons. The van der Waals surface area contributed by atoms with Gasteiger partial charge in [0.15, 0.2) is 0 Å². The van der Waals surface area contributed by atoms with Crippen molar-refractivity contribution in [2.75, 3.05) is 45.8 Å². The normalized spacial score (nSPS) is 19.9. The van der Waals surface area contributed by atoms with E-state index >= 15 is 4.39 Å². The fourth-order valence-corrected chi connectivity index (χ4v) is 8.88. The standard InChI is InChI=1S/C38H44ClFN4O6S/c1-43(2)33-19-28(27-7-5-6-26(18-27)25-13-16-49-17-14-25)9-11-34(33)50-36-22-32(40)37(21-31(36)39)51(45,46)44(38-12-15-41-24-42-38)23-29-8-10-30(47-3)20-35(29)48-4/h5-8,10,12,15,18,20-22,24-25,28,33-34H,9,11,13-14,16-17,19,23H2,1-4H3/t28-,33-,34-/m0/s1. The van der Waals surface area contributed by atoms with Crippen molar-refractivity contribution in [1.82, 2.24) is 14.9 Å². The van der Waals surface area contributed by atoms with Crippen molar-refractivity contribution < 1.29 is 31.8 Å². The number of benzene rings is 3. The van der Waals surface area contributed by atoms with Gasteiger partial charge in [-0.2, -0.15) is 0 Å². The van der Waals surface area contributed by atoms with Crippen LogP contribution >= 0.6 is 11.6 Å². The molecule has 0 radical (unpaired) electrons. The molecule has 1 saturated heterocycles. The number of rotatable bonds is 12. The summed E-state index contributed by atoms with van der Waals surface area (Å²) in [7, 11) is 2.47. The number of nitrogens with zero attached hydrogens (tertiary/aromatic N) is 4. The number of hydrogen-bond donors (Lipinski definition) is 0. The lowest BCUT2D eigenvalue weighted by atomic mass is 9.78. The molecule has 51 heavy (non-hydrogen) atoms. The van der Waals surface area contributed by atoms with E-state index in [1.165, 1.54) is 43.9 Å². The Hall–Kier alpha value is -3.97. The van der Waals surface area contributed by atoms with Crippen LogP contribution in [0.3, 0.4) is 0 Å². The Bertz CT molecular complexity index is 1910. The van der Waals surface area contributed by atoms with Crippen LogP contribution in [-0.4, -0.2) is 77.0 Å². The molecule has 6 rings (SSSR count). The maximum absolute atomic E-state index is 16.0. The van der Waals surface area contributed by atoms with E-state index in [0.29, 0.717) is 28.9 Å². The molecule has 0 amide bonds. The predicted octanol–water partition coefficient (Wildman–Crippen LogP) is 7.22. The highest BCUT2D eigenvalue weighted by Crippen LogP contribution is 2.41. The van der Waals surface area contributed by atoms with Crippen molar-refractivity contribution in [2.45, 2.75) is 67.5 Å². The predicted molar refractivity (Wildman–Crippen MR) is 194 cm³/mol. The van der Waals surface area contributed by atoms with Gasteiger partial charge in [0.05, 0.1) is 25.8 Å². The van der Waals surface area contributed by atoms with Crippen molar-refractivity contribution in [2.24, 2.45) is 0 Å². The van der Waals surface area contributed by atoms with Crippen LogP contribution in [0.15, 0.2) is 78.1 Å². The van der Waals surface area contributed by atoms with Gasteiger partial charge in [-0.05, 0) is 87.4 Å². The van der Waals surface area contributed by atoms with Crippen LogP contribution in [-0.2, 0) is 21.3 Å². The lowest BCUT2D eigenvalue weighted by Gasteiger charge is -2.40. The Morgan fingerprint density at radius 1 is 0.922 bits per heavy atom. The van der Waals surface area contributed by atoms with Crippen LogP contribution in [0.5, 0.6) is 17.2 Å². The third kappa shape index (κ3) is 8.25. The van der Waals surface area contributed by atoms with Crippen molar-refractivity contribution in [1.29, 1.82) is 0 Å². The van der Waals surface area contributed by atoms with E-state index in [-0.39, 0.29) is 35.3 Å². The molecular formula is C38H44ClFN4O6S. The lowest BCUT2D eigenvalue weighted by molar-refractivity contribution is 0.0544. The summed E-state index contributed by atoms with van der Waals surface area (Å²) in [6.07, 6.45) is 6.89. The average Bonchev–Trinajstić information content (AvgIpc) is 3.15. The minimum Gasteiger partial charge on any atom is -0.497 e. The van der Waals surface area contributed by atoms with Crippen molar-refractivity contribution in [3.63, 3.8) is 0 Å². The Kier molecular flexibility index (Phi) is 11.7. The first-order valence-corrected chi connectivity index (χ1v) is 18.9. The third-order valence-corrected chi connectivity index (χ3v) is 12.0. The van der Waals surface area contributed by atoms with E-state index in [1.54, 1.807) is 18.2 Å². The second-order valence-corrected chi connectivity index (χ2v) is 15.5. The summed E-state index contributed by atoms with van der Waals surface area (Å²) in [4.78, 5) is 9.61. The molecular weight excluding hydrogens is 695 g/mol. The number of ether oxygens (including phenoxy) is 4. The lowest BCUT2D eigenvalue weighted by Crippen LogP contribution is -2.46. The van der Waals surface area contributed by atoms with Crippen LogP contribution in [0.4, 0.5) is 10.2 Å². The monoisotopic (exact) mass is 738 g/mol. The first-order valence-electron chi connectivity index (χ1n) is 17.1. The molecule has 1 saturated carbocycles. The number of anilines is 1. The first kappa shape index (κ1) is 36.8. The van der Waals surface area contributed by atoms with Gasteiger partial charge in [-0.15, -0.1) is 0 Å². The first-order chi connectivity index (χ1) is 24.6. The summed E-state index contributed by atoms with van der Waals surface area (Å²) < 4.78 is 68.3. The summed E-state index contributed by atoms with van der Waals surface area (Å²) in [6.45, 7) is 1.39. The summed E-state index contributed by atoms with van der Waals surface area (Å²) in [6, 6.07) is 17.6. The molecule has 0 spiro atoms. The Morgan fingerprint density at radius 3 is 2.37 bits per heavy atom. The summed E-state index contributed by atoms with van der Waals surface area (Å²) in [5.41, 5.74) is 3.20. The molecule has 1 aromatic heterocycles. The zero-order valence-electron chi connectivity index (χ0n) is 29.3. The Balaban J connectivity index is 1.23. The molecule has 2 aliphatic rings. The highest BCUT2D eigenvalue weighted by molar-refractivity contribution is 7.92. The zero-order chi connectivity index (χ0) is 36.1. The quantitative estimate of drug-likeness (QED) is 0.149. The van der Waals surface area contributed by atoms with Gasteiger partial charge in [-0.1, -0.05) is 35.9 Å². The molecule has 0 bridgehead atoms. The summed E-state index contributed by atoms with van der Waals surface area (Å²) >= 11 is 6.71. The molecule has 0 N–H and O–H groups in total. The molecule has 3 atom stereocenters. The van der Waals surface area contributed by atoms with Crippen LogP contribution in [0.1, 0.15) is 60.6 Å². The number of methoxy groups -OCH3 is 2. The maximum atomic E-state index is 16.0. The van der Waals surface area contributed by atoms with Gasteiger partial charge >= 0.3 is 0 Å². The molecule has 1 aliphatic carbocycles. The van der Waals surface area contributed by atoms with Gasteiger partial charge < -0.3 is 23.8 Å². The van der Waals surface area contributed by atoms with Crippen molar-refractivity contribution in [3.8, 4) is 17.2 Å². The molecule has 3 aromatic carbocycles. The molecule has 0 unspecified atom stereocenters. The van der Waals surface area contributed by atoms with Crippen LogP contribution in [0.25, 0.3) is 0 Å². The number of likely N-dealkylation sites (N-methyl/N-ethyl adjacent to an activating group) is 1. The fourth-order valence-electron chi connectivity index (χ4n) is 7.14. The number of sulfonamides is 1. The van der Waals surface area contributed by atoms with Crippen molar-refractivity contribution in [3.05, 3.63) is 101 Å². The second-order valence-electron chi connectivity index (χ2n) is 13.2. The highest BCUT2D eigenvalue weighted by Gasteiger charge is 2.36. The molecule has 2 heterocycles. The Morgan fingerprint density at radius 2 is 1.69 bits per heavy atom. The SMILES string of the molecule is COc1ccc(CN(c2ccncn2)S(=O)(=O)c2cc(Cl)c(O[C@H]3CC[C@H](c4cccc(C5CCOCC5)c4)C[C@@H]3N(C)C)cc2F)c(OC)c1. The van der Waals surface area contributed by atoms with E-state index in [2.05, 4.69) is 39.1 Å². The van der Waals surface area contributed by atoms with E-state index in [1.807, 2.05) is 14.1 Å². The summed E-state index contributed by atoms with van der Waals surface area (Å²) in [5, 5.41) is -0.0107. The minimum absolute atomic E-state index is 0.0107. The Labute approximate surface area is 304 Å². The van der Waals surface area contributed by atoms with E-state index < -0.39 is 20.7 Å². The molecule has 1 aliphatic heterocycles. The topological polar surface area (TPSA) is 103 Å². The number of hydrogen-bond acceptors (Lipinski definition) is 9. The smallest absolute Gasteiger partial charge is 0.268 e. The maximum Gasteiger partial charge on any atom is 0.268 e. The second kappa shape index (κ2) is 16.1. The average molecular weight is 739 g/mol. The summed E-state index contributed by atoms with van der Waals surface area (Å²) in [5.74, 6) is 0.931. The van der Waals surface area contributed by atoms with Crippen LogP contribution in [0, 0.1) is 5.82 Å². The van der Waals surface area contributed by atoms with E-state index in [9.17, 15) is 8.42 Å². The van der Waals surface area contributed by atoms with Crippen molar-refractivity contribution >= 4 is 27.4 Å². The van der Waals surface area contributed by atoms with Crippen LogP contribution < -0.4 is 18.5 Å². The highest BCUT2D eigenvalue weighted by atomic mass is 35.5. The van der Waals surface area contributed by atoms with Gasteiger partial charge in [0.2, 0.25) is 0 Å². The number of aromatic nitrogens is 2.